The molecule has 0 aliphatic rings. The van der Waals surface area contributed by atoms with Crippen LogP contribution in [0.25, 0.3) is 0 Å². The summed E-state index contributed by atoms with van der Waals surface area (Å²) in [6, 6.07) is 0. The van der Waals surface area contributed by atoms with Gasteiger partial charge in [0.05, 0.1) is 6.10 Å². The molecule has 0 rings (SSSR count). The van der Waals surface area contributed by atoms with Gasteiger partial charge in [-0.25, -0.2) is 10.2 Å². The predicted octanol–water partition coefficient (Wildman–Crippen LogP) is 2.42. The molecule has 0 bridgehead atoms. The lowest BCUT2D eigenvalue weighted by Gasteiger charge is -2.27. The van der Waals surface area contributed by atoms with E-state index in [1.807, 2.05) is 0 Å². The highest BCUT2D eigenvalue weighted by Crippen LogP contribution is 2.43. The van der Waals surface area contributed by atoms with E-state index in [2.05, 4.69) is 6.58 Å². The van der Waals surface area contributed by atoms with Gasteiger partial charge in [-0.05, 0) is 6.92 Å². The number of nitrogens with two attached hydrogens (primary N) is 1. The lowest BCUT2D eigenvalue weighted by molar-refractivity contribution is 0.232. The van der Waals surface area contributed by atoms with E-state index >= 15 is 0 Å². The molecule has 4 nitrogen and oxygen atoms in total. The molecule has 0 aromatic heterocycles. The zero-order valence-electron chi connectivity index (χ0n) is 8.73. The molecule has 0 spiro atoms. The van der Waals surface area contributed by atoms with Crippen LogP contribution in [0.4, 0.5) is 0 Å². The molecule has 0 radical (unpaired) electrons. The standard InChI is InChI=1S/C8H17Cl2N2O2P/c1-3-8(2)14-15(11,13)12(6-4-9)7-5-10/h3,8H,1,4-7H2,2H3,(H2,11,13). The van der Waals surface area contributed by atoms with Gasteiger partial charge in [0, 0.05) is 24.8 Å². The second-order valence-corrected chi connectivity index (χ2v) is 5.60. The number of hydrogen-bond acceptors (Lipinski definition) is 2. The van der Waals surface area contributed by atoms with Crippen LogP contribution in [0.3, 0.4) is 0 Å². The smallest absolute Gasteiger partial charge is 0.299 e. The molecular formula is C8H17Cl2N2O2P. The van der Waals surface area contributed by atoms with Gasteiger partial charge >= 0.3 is 7.67 Å². The normalized spacial score (nSPS) is 17.4. The van der Waals surface area contributed by atoms with Gasteiger partial charge in [-0.2, -0.15) is 0 Å². The Hall–Kier alpha value is 0.430. The molecule has 0 fully saturated rings. The molecule has 15 heavy (non-hydrogen) atoms. The third-order valence-corrected chi connectivity index (χ3v) is 3.89. The summed E-state index contributed by atoms with van der Waals surface area (Å²) in [5.74, 6) is 0.647. The maximum atomic E-state index is 12.0. The van der Waals surface area contributed by atoms with Crippen LogP contribution in [0, 0.1) is 0 Å². The largest absolute Gasteiger partial charge is 0.341 e. The summed E-state index contributed by atoms with van der Waals surface area (Å²) in [6.45, 7) is 6.00. The number of halogens is 2. The van der Waals surface area contributed by atoms with E-state index in [4.69, 9.17) is 33.2 Å². The Bertz CT molecular complexity index is 235. The molecule has 90 valence electrons. The van der Waals surface area contributed by atoms with Gasteiger partial charge < -0.3 is 0 Å². The maximum absolute atomic E-state index is 12.0. The van der Waals surface area contributed by atoms with E-state index < -0.39 is 7.67 Å². The molecule has 0 aliphatic heterocycles. The minimum atomic E-state index is -3.32. The first-order valence-electron chi connectivity index (χ1n) is 4.54. The fourth-order valence-electron chi connectivity index (χ4n) is 0.934. The summed E-state index contributed by atoms with van der Waals surface area (Å²) in [5.41, 5.74) is 5.60. The Kier molecular flexibility index (Phi) is 7.88. The van der Waals surface area contributed by atoms with E-state index in [0.29, 0.717) is 24.8 Å². The zero-order valence-corrected chi connectivity index (χ0v) is 11.1. The van der Waals surface area contributed by atoms with Crippen LogP contribution >= 0.6 is 30.9 Å². The van der Waals surface area contributed by atoms with Crippen molar-refractivity contribution in [2.75, 3.05) is 24.8 Å². The van der Waals surface area contributed by atoms with Crippen molar-refractivity contribution in [2.45, 2.75) is 13.0 Å². The maximum Gasteiger partial charge on any atom is 0.341 e. The summed E-state index contributed by atoms with van der Waals surface area (Å²) in [6.07, 6.45) is 1.16. The van der Waals surface area contributed by atoms with Gasteiger partial charge in [-0.3, -0.25) is 9.09 Å². The molecule has 2 unspecified atom stereocenters. The fraction of sp³-hybridized carbons (Fsp3) is 0.750. The van der Waals surface area contributed by atoms with E-state index in [1.54, 1.807) is 6.92 Å². The van der Waals surface area contributed by atoms with Gasteiger partial charge in [-0.15, -0.1) is 29.8 Å². The van der Waals surface area contributed by atoms with E-state index in [1.165, 1.54) is 10.7 Å². The molecule has 0 aromatic rings. The molecule has 0 heterocycles. The third-order valence-electron chi connectivity index (χ3n) is 1.73. The molecule has 0 aliphatic carbocycles. The van der Waals surface area contributed by atoms with Gasteiger partial charge in [0.25, 0.3) is 0 Å². The Morgan fingerprint density at radius 2 is 2.00 bits per heavy atom. The summed E-state index contributed by atoms with van der Waals surface area (Å²) >= 11 is 11.1. The molecule has 0 aromatic carbocycles. The van der Waals surface area contributed by atoms with Crippen molar-refractivity contribution < 1.29 is 9.09 Å². The van der Waals surface area contributed by atoms with Crippen molar-refractivity contribution >= 4 is 30.9 Å². The highest BCUT2D eigenvalue weighted by molar-refractivity contribution is 7.53. The van der Waals surface area contributed by atoms with Crippen molar-refractivity contribution in [1.29, 1.82) is 0 Å². The molecule has 0 amide bonds. The Morgan fingerprint density at radius 3 is 2.33 bits per heavy atom. The predicted molar refractivity (Wildman–Crippen MR) is 65.6 cm³/mol. The van der Waals surface area contributed by atoms with Crippen molar-refractivity contribution in [2.24, 2.45) is 5.50 Å². The minimum Gasteiger partial charge on any atom is -0.299 e. The summed E-state index contributed by atoms with van der Waals surface area (Å²) in [7, 11) is -3.32. The molecule has 0 saturated carbocycles. The summed E-state index contributed by atoms with van der Waals surface area (Å²) in [4.78, 5) is 0. The monoisotopic (exact) mass is 274 g/mol. The quantitative estimate of drug-likeness (QED) is 0.420. The Morgan fingerprint density at radius 1 is 1.53 bits per heavy atom. The lowest BCUT2D eigenvalue weighted by atomic mass is 10.4. The van der Waals surface area contributed by atoms with Crippen LogP contribution < -0.4 is 5.50 Å². The SMILES string of the molecule is C=CC(C)OP(N)(=O)N(CCCl)CCCl. The molecular weight excluding hydrogens is 258 g/mol. The minimum absolute atomic E-state index is 0.323. The van der Waals surface area contributed by atoms with Gasteiger partial charge in [-0.1, -0.05) is 6.08 Å². The third kappa shape index (κ3) is 5.91. The molecule has 2 atom stereocenters. The van der Waals surface area contributed by atoms with Crippen LogP contribution in [-0.4, -0.2) is 35.6 Å². The van der Waals surface area contributed by atoms with E-state index in [0.717, 1.165) is 0 Å². The van der Waals surface area contributed by atoms with Crippen LogP contribution in [-0.2, 0) is 9.09 Å². The van der Waals surface area contributed by atoms with Crippen LogP contribution in [0.2, 0.25) is 0 Å². The highest BCUT2D eigenvalue weighted by Gasteiger charge is 2.27. The summed E-state index contributed by atoms with van der Waals surface area (Å²) < 4.78 is 18.6. The first-order chi connectivity index (χ1) is 6.97. The average Bonchev–Trinajstić information content (AvgIpc) is 2.16. The number of nitrogens with zero attached hydrogens (tertiary/aromatic N) is 1. The van der Waals surface area contributed by atoms with Crippen molar-refractivity contribution in [3.05, 3.63) is 12.7 Å². The second-order valence-electron chi connectivity index (χ2n) is 2.94. The zero-order chi connectivity index (χ0) is 11.9. The molecule has 7 heteroatoms. The highest BCUT2D eigenvalue weighted by atomic mass is 35.5. The van der Waals surface area contributed by atoms with Crippen LogP contribution in [0.15, 0.2) is 12.7 Å². The van der Waals surface area contributed by atoms with Gasteiger partial charge in [0.2, 0.25) is 0 Å². The lowest BCUT2D eigenvalue weighted by Crippen LogP contribution is -2.30. The Labute approximate surface area is 101 Å². The van der Waals surface area contributed by atoms with Crippen LogP contribution in [0.5, 0.6) is 0 Å². The Balaban J connectivity index is 4.47. The van der Waals surface area contributed by atoms with Gasteiger partial charge in [0.15, 0.2) is 0 Å². The number of rotatable bonds is 8. The van der Waals surface area contributed by atoms with Gasteiger partial charge in [0.1, 0.15) is 0 Å². The number of hydrogen-bond donors (Lipinski definition) is 1. The second kappa shape index (κ2) is 7.66. The van der Waals surface area contributed by atoms with Crippen molar-refractivity contribution in [1.82, 2.24) is 4.67 Å². The number of alkyl halides is 2. The van der Waals surface area contributed by atoms with Crippen molar-refractivity contribution in [3.63, 3.8) is 0 Å². The van der Waals surface area contributed by atoms with Crippen molar-refractivity contribution in [3.8, 4) is 0 Å². The average molecular weight is 275 g/mol. The fourth-order valence-corrected chi connectivity index (χ4v) is 3.03. The topological polar surface area (TPSA) is 55.6 Å². The van der Waals surface area contributed by atoms with E-state index in [-0.39, 0.29) is 6.10 Å². The first kappa shape index (κ1) is 15.4. The first-order valence-corrected chi connectivity index (χ1v) is 7.26. The molecule has 2 N–H and O–H groups in total. The summed E-state index contributed by atoms with van der Waals surface area (Å²) in [5, 5.41) is 0. The van der Waals surface area contributed by atoms with Crippen LogP contribution in [0.1, 0.15) is 6.92 Å². The molecule has 0 saturated heterocycles. The van der Waals surface area contributed by atoms with E-state index in [9.17, 15) is 4.57 Å².